The van der Waals surface area contributed by atoms with Crippen LogP contribution in [0.25, 0.3) is 0 Å². The smallest absolute Gasteiger partial charge is 0.232 e. The highest BCUT2D eigenvalue weighted by atomic mass is 19.2. The Morgan fingerprint density at radius 1 is 1.22 bits per heavy atom. The number of hydrogen-bond acceptors (Lipinski definition) is 4. The van der Waals surface area contributed by atoms with Crippen molar-refractivity contribution in [3.05, 3.63) is 54.0 Å². The van der Waals surface area contributed by atoms with Gasteiger partial charge >= 0.3 is 0 Å². The number of aromatic nitrogens is 2. The zero-order chi connectivity index (χ0) is 16.1. The van der Waals surface area contributed by atoms with Gasteiger partial charge in [-0.25, -0.2) is 13.8 Å². The second-order valence-corrected chi connectivity index (χ2v) is 5.85. The SMILES string of the molecule is Fc1ccc(CN2CCCC(COc3cnccn3)C2)cc1F. The second-order valence-electron chi connectivity index (χ2n) is 5.85. The average Bonchev–Trinajstić information content (AvgIpc) is 2.58. The number of likely N-dealkylation sites (tertiary alicyclic amines) is 1. The first-order valence-electron chi connectivity index (χ1n) is 7.76. The fourth-order valence-electron chi connectivity index (χ4n) is 2.89. The summed E-state index contributed by atoms with van der Waals surface area (Å²) in [4.78, 5) is 10.3. The van der Waals surface area contributed by atoms with Gasteiger partial charge in [0.05, 0.1) is 12.8 Å². The van der Waals surface area contributed by atoms with E-state index in [1.54, 1.807) is 24.7 Å². The highest BCUT2D eigenvalue weighted by Gasteiger charge is 2.21. The number of halogens is 2. The second kappa shape index (κ2) is 7.46. The lowest BCUT2D eigenvalue weighted by Crippen LogP contribution is -2.37. The van der Waals surface area contributed by atoms with Gasteiger partial charge in [0, 0.05) is 31.4 Å². The molecular weight excluding hydrogens is 300 g/mol. The third-order valence-electron chi connectivity index (χ3n) is 4.00. The predicted octanol–water partition coefficient (Wildman–Crippen LogP) is 3.05. The molecule has 0 aliphatic carbocycles. The van der Waals surface area contributed by atoms with Gasteiger partial charge in [-0.15, -0.1) is 0 Å². The molecule has 1 aromatic heterocycles. The fraction of sp³-hybridized carbons (Fsp3) is 0.412. The summed E-state index contributed by atoms with van der Waals surface area (Å²) in [6.07, 6.45) is 6.97. The normalized spacial score (nSPS) is 18.8. The van der Waals surface area contributed by atoms with Crippen LogP contribution < -0.4 is 4.74 Å². The molecule has 0 amide bonds. The molecule has 1 unspecified atom stereocenters. The van der Waals surface area contributed by atoms with Crippen molar-refractivity contribution in [3.63, 3.8) is 0 Å². The van der Waals surface area contributed by atoms with Crippen LogP contribution in [0.4, 0.5) is 8.78 Å². The van der Waals surface area contributed by atoms with Crippen molar-refractivity contribution in [3.8, 4) is 5.88 Å². The Bertz CT molecular complexity index is 639. The van der Waals surface area contributed by atoms with Crippen LogP contribution in [-0.2, 0) is 6.54 Å². The molecule has 23 heavy (non-hydrogen) atoms. The molecule has 1 aliphatic rings. The van der Waals surface area contributed by atoms with E-state index in [0.29, 0.717) is 24.9 Å². The van der Waals surface area contributed by atoms with Crippen molar-refractivity contribution < 1.29 is 13.5 Å². The van der Waals surface area contributed by atoms with Gasteiger partial charge in [0.15, 0.2) is 11.6 Å². The van der Waals surface area contributed by atoms with E-state index in [-0.39, 0.29) is 0 Å². The van der Waals surface area contributed by atoms with Crippen molar-refractivity contribution in [2.75, 3.05) is 19.7 Å². The van der Waals surface area contributed by atoms with E-state index in [1.807, 2.05) is 0 Å². The maximum absolute atomic E-state index is 13.3. The number of piperidine rings is 1. The largest absolute Gasteiger partial charge is 0.476 e. The van der Waals surface area contributed by atoms with E-state index in [9.17, 15) is 8.78 Å². The zero-order valence-corrected chi connectivity index (χ0v) is 12.8. The Kier molecular flexibility index (Phi) is 5.12. The van der Waals surface area contributed by atoms with Gasteiger partial charge in [-0.3, -0.25) is 9.88 Å². The van der Waals surface area contributed by atoms with Gasteiger partial charge in [0.1, 0.15) is 0 Å². The van der Waals surface area contributed by atoms with Crippen LogP contribution in [0.2, 0.25) is 0 Å². The Labute approximate surface area is 134 Å². The highest BCUT2D eigenvalue weighted by Crippen LogP contribution is 2.20. The number of benzene rings is 1. The number of rotatable bonds is 5. The van der Waals surface area contributed by atoms with Crippen LogP contribution in [0.5, 0.6) is 5.88 Å². The third kappa shape index (κ3) is 4.45. The van der Waals surface area contributed by atoms with Crippen molar-refractivity contribution in [1.82, 2.24) is 14.9 Å². The molecule has 1 saturated heterocycles. The average molecular weight is 319 g/mol. The van der Waals surface area contributed by atoms with E-state index in [0.717, 1.165) is 31.5 Å². The van der Waals surface area contributed by atoms with Crippen molar-refractivity contribution >= 4 is 0 Å². The minimum Gasteiger partial charge on any atom is -0.476 e. The van der Waals surface area contributed by atoms with Crippen LogP contribution in [-0.4, -0.2) is 34.6 Å². The summed E-state index contributed by atoms with van der Waals surface area (Å²) in [5, 5.41) is 0. The molecule has 2 aromatic rings. The number of hydrogen-bond donors (Lipinski definition) is 0. The van der Waals surface area contributed by atoms with Crippen molar-refractivity contribution in [1.29, 1.82) is 0 Å². The third-order valence-corrected chi connectivity index (χ3v) is 4.00. The molecule has 1 aromatic carbocycles. The Hall–Kier alpha value is -2.08. The highest BCUT2D eigenvalue weighted by molar-refractivity contribution is 5.17. The lowest BCUT2D eigenvalue weighted by atomic mass is 9.98. The van der Waals surface area contributed by atoms with Crippen molar-refractivity contribution in [2.24, 2.45) is 5.92 Å². The topological polar surface area (TPSA) is 38.2 Å². The van der Waals surface area contributed by atoms with E-state index in [2.05, 4.69) is 14.9 Å². The zero-order valence-electron chi connectivity index (χ0n) is 12.8. The Morgan fingerprint density at radius 2 is 2.13 bits per heavy atom. The van der Waals surface area contributed by atoms with Gasteiger partial charge in [-0.2, -0.15) is 0 Å². The molecule has 0 radical (unpaired) electrons. The minimum absolute atomic E-state index is 0.399. The molecule has 1 fully saturated rings. The van der Waals surface area contributed by atoms with Gasteiger partial charge in [-0.05, 0) is 37.1 Å². The van der Waals surface area contributed by atoms with Gasteiger partial charge in [0.25, 0.3) is 0 Å². The Balaban J connectivity index is 1.52. The summed E-state index contributed by atoms with van der Waals surface area (Å²) in [7, 11) is 0. The minimum atomic E-state index is -0.803. The lowest BCUT2D eigenvalue weighted by Gasteiger charge is -2.32. The van der Waals surface area contributed by atoms with Gasteiger partial charge in [-0.1, -0.05) is 6.07 Å². The summed E-state index contributed by atoms with van der Waals surface area (Å²) in [5.41, 5.74) is 0.791. The summed E-state index contributed by atoms with van der Waals surface area (Å²) < 4.78 is 31.9. The molecular formula is C17H19F2N3O. The number of ether oxygens (including phenoxy) is 1. The molecule has 2 heterocycles. The molecule has 1 aliphatic heterocycles. The van der Waals surface area contributed by atoms with Crippen LogP contribution in [0.15, 0.2) is 36.8 Å². The summed E-state index contributed by atoms with van der Waals surface area (Å²) in [5.74, 6) is -0.661. The molecule has 0 N–H and O–H groups in total. The standard InChI is InChI=1S/C17H19F2N3O/c18-15-4-3-13(8-16(15)19)10-22-7-1-2-14(11-22)12-23-17-9-20-5-6-21-17/h3-6,8-9,14H,1-2,7,10-12H2. The van der Waals surface area contributed by atoms with E-state index in [4.69, 9.17) is 4.74 Å². The van der Waals surface area contributed by atoms with Crippen LogP contribution in [0.1, 0.15) is 18.4 Å². The van der Waals surface area contributed by atoms with Crippen LogP contribution in [0.3, 0.4) is 0 Å². The molecule has 3 rings (SSSR count). The van der Waals surface area contributed by atoms with Gasteiger partial charge in [0.2, 0.25) is 5.88 Å². The first-order valence-corrected chi connectivity index (χ1v) is 7.76. The van der Waals surface area contributed by atoms with Crippen LogP contribution in [0, 0.1) is 17.6 Å². The molecule has 6 heteroatoms. The summed E-state index contributed by atoms with van der Waals surface area (Å²) >= 11 is 0. The van der Waals surface area contributed by atoms with E-state index < -0.39 is 11.6 Å². The first kappa shape index (κ1) is 15.8. The maximum atomic E-state index is 13.3. The molecule has 4 nitrogen and oxygen atoms in total. The predicted molar refractivity (Wildman–Crippen MR) is 81.9 cm³/mol. The fourth-order valence-corrected chi connectivity index (χ4v) is 2.89. The first-order chi connectivity index (χ1) is 11.2. The lowest BCUT2D eigenvalue weighted by molar-refractivity contribution is 0.123. The molecule has 0 bridgehead atoms. The molecule has 122 valence electrons. The molecule has 0 saturated carbocycles. The number of nitrogens with zero attached hydrogens (tertiary/aromatic N) is 3. The summed E-state index contributed by atoms with van der Waals surface area (Å²) in [6.45, 7) is 3.05. The maximum Gasteiger partial charge on any atom is 0.232 e. The molecule has 0 spiro atoms. The van der Waals surface area contributed by atoms with E-state index >= 15 is 0 Å². The summed E-state index contributed by atoms with van der Waals surface area (Å²) in [6, 6.07) is 4.09. The molecule has 1 atom stereocenters. The van der Waals surface area contributed by atoms with Gasteiger partial charge < -0.3 is 4.74 Å². The van der Waals surface area contributed by atoms with Crippen LogP contribution >= 0.6 is 0 Å². The Morgan fingerprint density at radius 3 is 2.91 bits per heavy atom. The monoisotopic (exact) mass is 319 g/mol. The quantitative estimate of drug-likeness (QED) is 0.849. The van der Waals surface area contributed by atoms with Crippen molar-refractivity contribution in [2.45, 2.75) is 19.4 Å². The van der Waals surface area contributed by atoms with E-state index in [1.165, 1.54) is 12.1 Å².